The monoisotopic (exact) mass is 340 g/mol. The Kier molecular flexibility index (Phi) is 5.24. The lowest BCUT2D eigenvalue weighted by Gasteiger charge is -2.24. The number of hydrogen-bond donors (Lipinski definition) is 1. The van der Waals surface area contributed by atoms with Crippen molar-refractivity contribution in [2.45, 2.75) is 32.9 Å². The Hall–Kier alpha value is -2.53. The van der Waals surface area contributed by atoms with Crippen LogP contribution in [-0.2, 0) is 17.8 Å². The molecular weight excluding hydrogens is 316 g/mol. The molecule has 2 aromatic rings. The van der Waals surface area contributed by atoms with Gasteiger partial charge in [-0.3, -0.25) is 9.69 Å². The zero-order valence-electron chi connectivity index (χ0n) is 14.9. The Balaban J connectivity index is 1.59. The van der Waals surface area contributed by atoms with Crippen molar-refractivity contribution in [1.82, 2.24) is 4.90 Å². The lowest BCUT2D eigenvalue weighted by molar-refractivity contribution is -0.120. The molecule has 0 aromatic heterocycles. The molecule has 5 heteroatoms. The summed E-state index contributed by atoms with van der Waals surface area (Å²) in [4.78, 5) is 14.5. The molecule has 3 rings (SSSR count). The van der Waals surface area contributed by atoms with Gasteiger partial charge in [-0.05, 0) is 55.8 Å². The highest BCUT2D eigenvalue weighted by Gasteiger charge is 2.20. The van der Waals surface area contributed by atoms with Crippen molar-refractivity contribution in [1.29, 1.82) is 0 Å². The molecule has 5 nitrogen and oxygen atoms in total. The van der Waals surface area contributed by atoms with Gasteiger partial charge in [-0.15, -0.1) is 0 Å². The molecule has 0 unspecified atom stereocenters. The molecule has 2 aromatic carbocycles. The minimum Gasteiger partial charge on any atom is -0.454 e. The van der Waals surface area contributed by atoms with E-state index in [9.17, 15) is 4.79 Å². The summed E-state index contributed by atoms with van der Waals surface area (Å²) in [7, 11) is 1.94. The molecule has 1 aliphatic rings. The largest absolute Gasteiger partial charge is 0.454 e. The van der Waals surface area contributed by atoms with Crippen LogP contribution in [-0.4, -0.2) is 30.7 Å². The number of carbonyl (C=O) groups excluding carboxylic acids is 1. The number of nitrogens with zero attached hydrogens (tertiary/aromatic N) is 1. The second kappa shape index (κ2) is 7.57. The molecule has 1 heterocycles. The zero-order chi connectivity index (χ0) is 17.8. The lowest BCUT2D eigenvalue weighted by atomic mass is 10.1. The average Bonchev–Trinajstić information content (AvgIpc) is 3.09. The van der Waals surface area contributed by atoms with Crippen LogP contribution in [0.5, 0.6) is 11.5 Å². The quantitative estimate of drug-likeness (QED) is 0.875. The van der Waals surface area contributed by atoms with Crippen LogP contribution < -0.4 is 14.8 Å². The van der Waals surface area contributed by atoms with Crippen molar-refractivity contribution in [3.05, 3.63) is 53.6 Å². The first kappa shape index (κ1) is 17.3. The third kappa shape index (κ3) is 4.12. The first-order valence-electron chi connectivity index (χ1n) is 8.55. The number of hydrogen-bond acceptors (Lipinski definition) is 4. The summed E-state index contributed by atoms with van der Waals surface area (Å²) in [6, 6.07) is 13.6. The fourth-order valence-electron chi connectivity index (χ4n) is 2.73. The van der Waals surface area contributed by atoms with Gasteiger partial charge in [0.2, 0.25) is 12.7 Å². The van der Waals surface area contributed by atoms with E-state index in [2.05, 4.69) is 12.2 Å². The number of nitrogens with one attached hydrogen (secondary N) is 1. The minimum atomic E-state index is -0.253. The number of aryl methyl sites for hydroxylation is 1. The predicted octanol–water partition coefficient (Wildman–Crippen LogP) is 3.44. The number of benzene rings is 2. The van der Waals surface area contributed by atoms with Crippen LogP contribution in [0.25, 0.3) is 0 Å². The van der Waals surface area contributed by atoms with E-state index >= 15 is 0 Å². The van der Waals surface area contributed by atoms with Crippen molar-refractivity contribution < 1.29 is 14.3 Å². The van der Waals surface area contributed by atoms with Gasteiger partial charge in [-0.1, -0.05) is 25.1 Å². The minimum absolute atomic E-state index is 0.0208. The molecule has 0 spiro atoms. The molecule has 1 N–H and O–H groups in total. The number of fused-ring (bicyclic) bond motifs is 1. The molecule has 0 saturated carbocycles. The molecule has 0 fully saturated rings. The highest BCUT2D eigenvalue weighted by Crippen LogP contribution is 2.32. The Morgan fingerprint density at radius 2 is 1.80 bits per heavy atom. The molecule has 0 aliphatic carbocycles. The zero-order valence-corrected chi connectivity index (χ0v) is 14.9. The summed E-state index contributed by atoms with van der Waals surface area (Å²) in [6.07, 6.45) is 0.989. The van der Waals surface area contributed by atoms with E-state index in [1.807, 2.05) is 61.3 Å². The van der Waals surface area contributed by atoms with Crippen molar-refractivity contribution in [2.75, 3.05) is 19.2 Å². The van der Waals surface area contributed by atoms with Crippen molar-refractivity contribution in [2.24, 2.45) is 0 Å². The van der Waals surface area contributed by atoms with Gasteiger partial charge in [0.1, 0.15) is 0 Å². The SMILES string of the molecule is CCc1ccc(NC(=O)[C@@H](C)N(C)Cc2ccc3c(c2)OCO3)cc1. The maximum Gasteiger partial charge on any atom is 0.241 e. The Morgan fingerprint density at radius 1 is 1.12 bits per heavy atom. The fourth-order valence-corrected chi connectivity index (χ4v) is 2.73. The number of rotatable bonds is 6. The fraction of sp³-hybridized carbons (Fsp3) is 0.350. The second-order valence-electron chi connectivity index (χ2n) is 6.32. The van der Waals surface area contributed by atoms with E-state index in [-0.39, 0.29) is 18.7 Å². The third-order valence-corrected chi connectivity index (χ3v) is 4.54. The number of likely N-dealkylation sites (N-methyl/N-ethyl adjacent to an activating group) is 1. The van der Waals surface area contributed by atoms with Crippen LogP contribution in [0.1, 0.15) is 25.0 Å². The summed E-state index contributed by atoms with van der Waals surface area (Å²) >= 11 is 0. The Bertz CT molecular complexity index is 743. The van der Waals surface area contributed by atoms with Gasteiger partial charge in [0.15, 0.2) is 11.5 Å². The van der Waals surface area contributed by atoms with Gasteiger partial charge in [-0.2, -0.15) is 0 Å². The van der Waals surface area contributed by atoms with Crippen LogP contribution in [0, 0.1) is 0 Å². The molecule has 1 amide bonds. The van der Waals surface area contributed by atoms with Gasteiger partial charge in [0, 0.05) is 12.2 Å². The highest BCUT2D eigenvalue weighted by atomic mass is 16.7. The second-order valence-corrected chi connectivity index (χ2v) is 6.32. The molecule has 0 radical (unpaired) electrons. The average molecular weight is 340 g/mol. The van der Waals surface area contributed by atoms with Crippen molar-refractivity contribution in [3.63, 3.8) is 0 Å². The van der Waals surface area contributed by atoms with Crippen LogP contribution in [0.3, 0.4) is 0 Å². The van der Waals surface area contributed by atoms with Crippen LogP contribution in [0.4, 0.5) is 5.69 Å². The van der Waals surface area contributed by atoms with Crippen LogP contribution in [0.15, 0.2) is 42.5 Å². The topological polar surface area (TPSA) is 50.8 Å². The molecule has 1 aliphatic heterocycles. The van der Waals surface area contributed by atoms with E-state index in [4.69, 9.17) is 9.47 Å². The molecule has 1 atom stereocenters. The van der Waals surface area contributed by atoms with E-state index in [1.54, 1.807) is 0 Å². The first-order chi connectivity index (χ1) is 12.1. The summed E-state index contributed by atoms with van der Waals surface area (Å²) in [5.74, 6) is 1.51. The molecule has 0 bridgehead atoms. The number of ether oxygens (including phenoxy) is 2. The third-order valence-electron chi connectivity index (χ3n) is 4.54. The number of amides is 1. The van der Waals surface area contributed by atoms with Crippen LogP contribution >= 0.6 is 0 Å². The van der Waals surface area contributed by atoms with Gasteiger partial charge in [0.25, 0.3) is 0 Å². The van der Waals surface area contributed by atoms with E-state index in [0.717, 1.165) is 29.2 Å². The lowest BCUT2D eigenvalue weighted by Crippen LogP contribution is -2.39. The maximum absolute atomic E-state index is 12.5. The summed E-state index contributed by atoms with van der Waals surface area (Å²) in [5, 5.41) is 2.98. The van der Waals surface area contributed by atoms with Gasteiger partial charge in [0.05, 0.1) is 6.04 Å². The highest BCUT2D eigenvalue weighted by molar-refractivity contribution is 5.94. The Labute approximate surface area is 148 Å². The molecule has 25 heavy (non-hydrogen) atoms. The molecule has 0 saturated heterocycles. The molecule has 132 valence electrons. The standard InChI is InChI=1S/C20H24N2O3/c1-4-15-5-8-17(9-6-15)21-20(23)14(2)22(3)12-16-7-10-18-19(11-16)25-13-24-18/h5-11,14H,4,12-13H2,1-3H3,(H,21,23)/t14-/m1/s1. The smallest absolute Gasteiger partial charge is 0.241 e. The van der Waals surface area contributed by atoms with Gasteiger partial charge < -0.3 is 14.8 Å². The van der Waals surface area contributed by atoms with E-state index < -0.39 is 0 Å². The summed E-state index contributed by atoms with van der Waals surface area (Å²) < 4.78 is 10.7. The summed E-state index contributed by atoms with van der Waals surface area (Å²) in [6.45, 7) is 4.94. The van der Waals surface area contributed by atoms with Crippen molar-refractivity contribution in [3.8, 4) is 11.5 Å². The normalized spacial score (nSPS) is 13.8. The van der Waals surface area contributed by atoms with Gasteiger partial charge in [-0.25, -0.2) is 0 Å². The number of carbonyl (C=O) groups is 1. The maximum atomic E-state index is 12.5. The summed E-state index contributed by atoms with van der Waals surface area (Å²) in [5.41, 5.74) is 3.16. The van der Waals surface area contributed by atoms with Crippen molar-refractivity contribution >= 4 is 11.6 Å². The van der Waals surface area contributed by atoms with Crippen LogP contribution in [0.2, 0.25) is 0 Å². The first-order valence-corrected chi connectivity index (χ1v) is 8.55. The Morgan fingerprint density at radius 3 is 2.52 bits per heavy atom. The molecular formula is C20H24N2O3. The van der Waals surface area contributed by atoms with Gasteiger partial charge >= 0.3 is 0 Å². The predicted molar refractivity (Wildman–Crippen MR) is 97.9 cm³/mol. The number of anilines is 1. The van der Waals surface area contributed by atoms with E-state index in [1.165, 1.54) is 5.56 Å². The van der Waals surface area contributed by atoms with E-state index in [0.29, 0.717) is 6.54 Å².